The van der Waals surface area contributed by atoms with Crippen LogP contribution in [0.3, 0.4) is 0 Å². The highest BCUT2D eigenvalue weighted by molar-refractivity contribution is 4.94. The van der Waals surface area contributed by atoms with Gasteiger partial charge < -0.3 is 5.32 Å². The Morgan fingerprint density at radius 2 is 1.86 bits per heavy atom. The highest BCUT2D eigenvalue weighted by Gasteiger charge is 2.37. The third kappa shape index (κ3) is 1.82. The summed E-state index contributed by atoms with van der Waals surface area (Å²) in [7, 11) is 0. The lowest BCUT2D eigenvalue weighted by atomic mass is 10.1. The van der Waals surface area contributed by atoms with Crippen LogP contribution in [0.25, 0.3) is 0 Å². The molecule has 0 aromatic heterocycles. The second-order valence-corrected chi connectivity index (χ2v) is 4.80. The Balaban J connectivity index is 2.07. The number of hydrogen-bond acceptors (Lipinski definition) is 2. The molecule has 0 aromatic carbocycles. The van der Waals surface area contributed by atoms with Gasteiger partial charge in [0.05, 0.1) is 0 Å². The van der Waals surface area contributed by atoms with Gasteiger partial charge in [0.2, 0.25) is 0 Å². The van der Waals surface area contributed by atoms with Crippen molar-refractivity contribution in [1.29, 1.82) is 0 Å². The Morgan fingerprint density at radius 3 is 2.57 bits per heavy atom. The van der Waals surface area contributed by atoms with E-state index in [1.807, 2.05) is 0 Å². The van der Waals surface area contributed by atoms with E-state index in [4.69, 9.17) is 0 Å². The van der Waals surface area contributed by atoms with Crippen molar-refractivity contribution in [3.05, 3.63) is 0 Å². The lowest BCUT2D eigenvalue weighted by Crippen LogP contribution is -2.44. The molecule has 14 heavy (non-hydrogen) atoms. The van der Waals surface area contributed by atoms with E-state index < -0.39 is 0 Å². The van der Waals surface area contributed by atoms with Crippen molar-refractivity contribution in [3.8, 4) is 0 Å². The first-order valence-electron chi connectivity index (χ1n) is 6.35. The van der Waals surface area contributed by atoms with Gasteiger partial charge in [0.15, 0.2) is 0 Å². The summed E-state index contributed by atoms with van der Waals surface area (Å²) in [6, 6.07) is 2.57. The smallest absolute Gasteiger partial charge is 0.0227 e. The molecule has 0 radical (unpaired) electrons. The maximum atomic E-state index is 3.57. The fourth-order valence-electron chi connectivity index (χ4n) is 3.33. The average molecular weight is 196 g/mol. The molecule has 82 valence electrons. The number of rotatable bonds is 3. The number of fused-ring (bicyclic) bond motifs is 2. The standard InChI is InChI=1S/C12H24N2/c1-3-10(4-2)14-11-5-6-12(14)9-13-8-7-11/h10-13H,3-9H2,1-2H3/t11-,12+/m1/s1. The molecule has 2 bridgehead atoms. The predicted octanol–water partition coefficient (Wildman–Crippen LogP) is 2.00. The van der Waals surface area contributed by atoms with Crippen molar-refractivity contribution in [2.45, 2.75) is 64.1 Å². The van der Waals surface area contributed by atoms with Crippen LogP contribution in [0.4, 0.5) is 0 Å². The summed E-state index contributed by atoms with van der Waals surface area (Å²) >= 11 is 0. The normalized spacial score (nSPS) is 33.6. The molecule has 2 heteroatoms. The monoisotopic (exact) mass is 196 g/mol. The predicted molar refractivity (Wildman–Crippen MR) is 60.5 cm³/mol. The van der Waals surface area contributed by atoms with Gasteiger partial charge in [0.1, 0.15) is 0 Å². The molecule has 0 aromatic rings. The fourth-order valence-corrected chi connectivity index (χ4v) is 3.33. The molecule has 2 aliphatic rings. The van der Waals surface area contributed by atoms with Crippen LogP contribution in [0, 0.1) is 0 Å². The third-order valence-electron chi connectivity index (χ3n) is 4.07. The minimum absolute atomic E-state index is 0.840. The van der Waals surface area contributed by atoms with Gasteiger partial charge in [-0.25, -0.2) is 0 Å². The topological polar surface area (TPSA) is 15.3 Å². The summed E-state index contributed by atoms with van der Waals surface area (Å²) in [6.45, 7) is 7.14. The van der Waals surface area contributed by atoms with Crippen molar-refractivity contribution in [3.63, 3.8) is 0 Å². The van der Waals surface area contributed by atoms with Crippen LogP contribution >= 0.6 is 0 Å². The van der Waals surface area contributed by atoms with E-state index in [1.165, 1.54) is 45.2 Å². The Hall–Kier alpha value is -0.0800. The second-order valence-electron chi connectivity index (χ2n) is 4.80. The maximum Gasteiger partial charge on any atom is 0.0227 e. The van der Waals surface area contributed by atoms with Gasteiger partial charge in [-0.3, -0.25) is 4.90 Å². The molecule has 2 aliphatic heterocycles. The largest absolute Gasteiger partial charge is 0.315 e. The molecular formula is C12H24N2. The van der Waals surface area contributed by atoms with E-state index in [-0.39, 0.29) is 0 Å². The van der Waals surface area contributed by atoms with Crippen LogP contribution in [-0.4, -0.2) is 36.1 Å². The molecule has 0 spiro atoms. The van der Waals surface area contributed by atoms with Gasteiger partial charge in [-0.2, -0.15) is 0 Å². The second kappa shape index (κ2) is 4.63. The molecule has 2 rings (SSSR count). The molecular weight excluding hydrogens is 172 g/mol. The van der Waals surface area contributed by atoms with Crippen LogP contribution in [0.5, 0.6) is 0 Å². The van der Waals surface area contributed by atoms with Crippen molar-refractivity contribution in [1.82, 2.24) is 10.2 Å². The van der Waals surface area contributed by atoms with E-state index in [0.717, 1.165) is 18.1 Å². The molecule has 2 atom stereocenters. The molecule has 2 saturated heterocycles. The van der Waals surface area contributed by atoms with Crippen LogP contribution in [0.1, 0.15) is 46.0 Å². The highest BCUT2D eigenvalue weighted by atomic mass is 15.3. The van der Waals surface area contributed by atoms with E-state index in [0.29, 0.717) is 0 Å². The summed E-state index contributed by atoms with van der Waals surface area (Å²) in [6.07, 6.45) is 6.89. The van der Waals surface area contributed by atoms with Crippen LogP contribution in [0.15, 0.2) is 0 Å². The van der Waals surface area contributed by atoms with Crippen molar-refractivity contribution >= 4 is 0 Å². The average Bonchev–Trinajstić information content (AvgIpc) is 2.43. The fraction of sp³-hybridized carbons (Fsp3) is 1.00. The lowest BCUT2D eigenvalue weighted by Gasteiger charge is -2.35. The minimum atomic E-state index is 0.840. The summed E-state index contributed by atoms with van der Waals surface area (Å²) in [5, 5.41) is 3.57. The molecule has 2 nitrogen and oxygen atoms in total. The van der Waals surface area contributed by atoms with E-state index in [1.54, 1.807) is 0 Å². The van der Waals surface area contributed by atoms with Gasteiger partial charge in [-0.15, -0.1) is 0 Å². The zero-order chi connectivity index (χ0) is 9.97. The number of hydrogen-bond donors (Lipinski definition) is 1. The molecule has 0 aliphatic carbocycles. The van der Waals surface area contributed by atoms with Crippen molar-refractivity contribution in [2.75, 3.05) is 13.1 Å². The quantitative estimate of drug-likeness (QED) is 0.743. The Bertz CT molecular complexity index is 160. The minimum Gasteiger partial charge on any atom is -0.315 e. The van der Waals surface area contributed by atoms with E-state index in [9.17, 15) is 0 Å². The number of nitrogens with one attached hydrogen (secondary N) is 1. The van der Waals surface area contributed by atoms with Crippen LogP contribution < -0.4 is 5.32 Å². The Morgan fingerprint density at radius 1 is 1.14 bits per heavy atom. The maximum absolute atomic E-state index is 3.57. The van der Waals surface area contributed by atoms with Gasteiger partial charge in [-0.1, -0.05) is 13.8 Å². The van der Waals surface area contributed by atoms with Gasteiger partial charge in [0.25, 0.3) is 0 Å². The lowest BCUT2D eigenvalue weighted by molar-refractivity contribution is 0.128. The van der Waals surface area contributed by atoms with E-state index >= 15 is 0 Å². The Kier molecular flexibility index (Phi) is 3.45. The van der Waals surface area contributed by atoms with Gasteiger partial charge in [0, 0.05) is 24.7 Å². The SMILES string of the molecule is CCC(CC)N1[C@H]2CCNC[C@@H]1CC2. The summed E-state index contributed by atoms with van der Waals surface area (Å²) in [5.41, 5.74) is 0. The number of nitrogens with zero attached hydrogens (tertiary/aromatic N) is 1. The highest BCUT2D eigenvalue weighted by Crippen LogP contribution is 2.31. The molecule has 0 saturated carbocycles. The zero-order valence-corrected chi connectivity index (χ0v) is 9.63. The van der Waals surface area contributed by atoms with Gasteiger partial charge in [-0.05, 0) is 38.6 Å². The molecule has 1 N–H and O–H groups in total. The first-order chi connectivity index (χ1) is 6.86. The third-order valence-corrected chi connectivity index (χ3v) is 4.07. The van der Waals surface area contributed by atoms with Crippen molar-refractivity contribution < 1.29 is 0 Å². The zero-order valence-electron chi connectivity index (χ0n) is 9.63. The van der Waals surface area contributed by atoms with E-state index in [2.05, 4.69) is 24.1 Å². The van der Waals surface area contributed by atoms with Crippen molar-refractivity contribution in [2.24, 2.45) is 0 Å². The Labute approximate surface area is 88.1 Å². The van der Waals surface area contributed by atoms with Gasteiger partial charge >= 0.3 is 0 Å². The molecule has 2 fully saturated rings. The first-order valence-corrected chi connectivity index (χ1v) is 6.35. The van der Waals surface area contributed by atoms with Crippen LogP contribution in [0.2, 0.25) is 0 Å². The first kappa shape index (κ1) is 10.4. The van der Waals surface area contributed by atoms with Crippen LogP contribution in [-0.2, 0) is 0 Å². The summed E-state index contributed by atoms with van der Waals surface area (Å²) in [4.78, 5) is 2.83. The molecule has 0 amide bonds. The molecule has 2 heterocycles. The molecule has 0 unspecified atom stereocenters. The summed E-state index contributed by atoms with van der Waals surface area (Å²) in [5.74, 6) is 0. The summed E-state index contributed by atoms with van der Waals surface area (Å²) < 4.78 is 0.